The van der Waals surface area contributed by atoms with Crippen LogP contribution in [0.25, 0.3) is 11.1 Å². The zero-order valence-electron chi connectivity index (χ0n) is 19.0. The second kappa shape index (κ2) is 9.65. The summed E-state index contributed by atoms with van der Waals surface area (Å²) in [5.41, 5.74) is 4.58. The molecule has 0 heterocycles. The number of hydrogen-bond acceptors (Lipinski definition) is 4. The highest BCUT2D eigenvalue weighted by molar-refractivity contribution is 5.84. The van der Waals surface area contributed by atoms with Crippen molar-refractivity contribution in [3.8, 4) is 11.1 Å². The van der Waals surface area contributed by atoms with Gasteiger partial charge in [0, 0.05) is 18.5 Å². The monoisotopic (exact) mass is 450 g/mol. The van der Waals surface area contributed by atoms with Gasteiger partial charge in [0.1, 0.15) is 13.2 Å². The van der Waals surface area contributed by atoms with Crippen LogP contribution < -0.4 is 5.32 Å². The number of carboxylic acid groups (broad SMARTS) is 1. The number of benzene rings is 2. The van der Waals surface area contributed by atoms with E-state index in [2.05, 4.69) is 29.6 Å². The van der Waals surface area contributed by atoms with Gasteiger partial charge in [0.05, 0.1) is 5.92 Å². The molecule has 4 rings (SSSR count). The average molecular weight is 451 g/mol. The lowest BCUT2D eigenvalue weighted by Gasteiger charge is -2.28. The Morgan fingerprint density at radius 2 is 1.61 bits per heavy atom. The van der Waals surface area contributed by atoms with Gasteiger partial charge in [0.2, 0.25) is 5.91 Å². The van der Waals surface area contributed by atoms with E-state index in [9.17, 15) is 14.4 Å². The molecule has 2 aromatic carbocycles. The molecular weight excluding hydrogens is 420 g/mol. The average Bonchev–Trinajstić information content (AvgIpc) is 3.56. The fraction of sp³-hybridized carbons (Fsp3) is 0.423. The van der Waals surface area contributed by atoms with Gasteiger partial charge in [0.15, 0.2) is 0 Å². The molecule has 2 atom stereocenters. The highest BCUT2D eigenvalue weighted by Gasteiger charge is 2.33. The van der Waals surface area contributed by atoms with E-state index in [4.69, 9.17) is 9.84 Å². The van der Waals surface area contributed by atoms with Crippen molar-refractivity contribution in [2.24, 2.45) is 11.8 Å². The standard InChI is InChI=1S/C26H30N2O5/c1-16(25(31)28(14-24(29)30)13-18-11-12-18)17(2)27-26(32)33-15-23-21-9-5-3-7-19(21)20-8-4-6-10-22(20)23/h3-10,16-18,23H,11-15H2,1-2H3,(H,27,32)(H,29,30). The molecule has 33 heavy (non-hydrogen) atoms. The van der Waals surface area contributed by atoms with Gasteiger partial charge in [-0.2, -0.15) is 0 Å². The summed E-state index contributed by atoms with van der Waals surface area (Å²) in [6, 6.07) is 15.7. The van der Waals surface area contributed by atoms with Gasteiger partial charge in [-0.15, -0.1) is 0 Å². The third-order valence-electron chi connectivity index (χ3n) is 6.64. The quantitative estimate of drug-likeness (QED) is 0.605. The number of amides is 2. The topological polar surface area (TPSA) is 95.9 Å². The lowest BCUT2D eigenvalue weighted by Crippen LogP contribution is -2.47. The first kappa shape index (κ1) is 22.8. The molecule has 2 unspecified atom stereocenters. The Labute approximate surface area is 193 Å². The van der Waals surface area contributed by atoms with Crippen LogP contribution in [-0.4, -0.2) is 53.7 Å². The molecule has 7 heteroatoms. The Balaban J connectivity index is 1.35. The van der Waals surface area contributed by atoms with Gasteiger partial charge in [-0.25, -0.2) is 4.79 Å². The summed E-state index contributed by atoms with van der Waals surface area (Å²) in [6.07, 6.45) is 1.45. The Morgan fingerprint density at radius 1 is 1.03 bits per heavy atom. The molecule has 2 aliphatic carbocycles. The van der Waals surface area contributed by atoms with E-state index >= 15 is 0 Å². The van der Waals surface area contributed by atoms with Crippen molar-refractivity contribution in [3.05, 3.63) is 59.7 Å². The molecule has 0 aliphatic heterocycles. The van der Waals surface area contributed by atoms with Crippen molar-refractivity contribution >= 4 is 18.0 Å². The number of alkyl carbamates (subject to hydrolysis) is 1. The Hall–Kier alpha value is -3.35. The largest absolute Gasteiger partial charge is 0.480 e. The number of carbonyl (C=O) groups is 3. The van der Waals surface area contributed by atoms with E-state index < -0.39 is 24.0 Å². The van der Waals surface area contributed by atoms with Crippen molar-refractivity contribution < 1.29 is 24.2 Å². The van der Waals surface area contributed by atoms with Crippen molar-refractivity contribution in [2.75, 3.05) is 19.7 Å². The van der Waals surface area contributed by atoms with E-state index in [1.54, 1.807) is 13.8 Å². The lowest BCUT2D eigenvalue weighted by molar-refractivity contribution is -0.146. The van der Waals surface area contributed by atoms with Crippen molar-refractivity contribution in [1.29, 1.82) is 0 Å². The number of ether oxygens (including phenoxy) is 1. The van der Waals surface area contributed by atoms with Crippen LogP contribution in [0.3, 0.4) is 0 Å². The van der Waals surface area contributed by atoms with Crippen LogP contribution in [0.4, 0.5) is 4.79 Å². The molecule has 2 aliphatic rings. The van der Waals surface area contributed by atoms with Gasteiger partial charge in [-0.05, 0) is 47.9 Å². The molecule has 0 spiro atoms. The molecule has 1 fully saturated rings. The van der Waals surface area contributed by atoms with Crippen LogP contribution in [-0.2, 0) is 14.3 Å². The molecule has 0 aromatic heterocycles. The fourth-order valence-corrected chi connectivity index (χ4v) is 4.46. The fourth-order valence-electron chi connectivity index (χ4n) is 4.46. The summed E-state index contributed by atoms with van der Waals surface area (Å²) in [5.74, 6) is -1.53. The normalized spacial score (nSPS) is 16.3. The molecule has 0 saturated heterocycles. The van der Waals surface area contributed by atoms with Crippen molar-refractivity contribution in [2.45, 2.75) is 38.6 Å². The molecule has 1 saturated carbocycles. The number of rotatable bonds is 9. The number of hydrogen-bond donors (Lipinski definition) is 2. The number of aliphatic carboxylic acids is 1. The minimum absolute atomic E-state index is 0.0397. The Morgan fingerprint density at radius 3 is 2.15 bits per heavy atom. The van der Waals surface area contributed by atoms with Crippen LogP contribution in [0.2, 0.25) is 0 Å². The summed E-state index contributed by atoms with van der Waals surface area (Å²) in [7, 11) is 0. The summed E-state index contributed by atoms with van der Waals surface area (Å²) in [6.45, 7) is 3.77. The smallest absolute Gasteiger partial charge is 0.407 e. The van der Waals surface area contributed by atoms with E-state index in [-0.39, 0.29) is 25.0 Å². The highest BCUT2D eigenvalue weighted by Crippen LogP contribution is 2.44. The second-order valence-electron chi connectivity index (χ2n) is 9.10. The van der Waals surface area contributed by atoms with Gasteiger partial charge in [-0.3, -0.25) is 9.59 Å². The van der Waals surface area contributed by atoms with Gasteiger partial charge in [-0.1, -0.05) is 55.5 Å². The molecule has 2 amide bonds. The first-order valence-corrected chi connectivity index (χ1v) is 11.5. The zero-order valence-corrected chi connectivity index (χ0v) is 19.0. The molecule has 2 aromatic rings. The van der Waals surface area contributed by atoms with E-state index in [0.717, 1.165) is 35.1 Å². The second-order valence-corrected chi connectivity index (χ2v) is 9.10. The third kappa shape index (κ3) is 5.18. The van der Waals surface area contributed by atoms with Crippen LogP contribution in [0, 0.1) is 11.8 Å². The predicted molar refractivity (Wildman–Crippen MR) is 124 cm³/mol. The number of nitrogens with one attached hydrogen (secondary N) is 1. The van der Waals surface area contributed by atoms with Crippen LogP contribution in [0.15, 0.2) is 48.5 Å². The summed E-state index contributed by atoms with van der Waals surface area (Å²) >= 11 is 0. The van der Waals surface area contributed by atoms with Gasteiger partial charge in [0.25, 0.3) is 0 Å². The van der Waals surface area contributed by atoms with Crippen LogP contribution in [0.1, 0.15) is 43.7 Å². The zero-order chi connectivity index (χ0) is 23.5. The maximum atomic E-state index is 12.9. The third-order valence-corrected chi connectivity index (χ3v) is 6.64. The van der Waals surface area contributed by atoms with E-state index in [1.165, 1.54) is 4.90 Å². The molecule has 0 bridgehead atoms. The first-order chi connectivity index (χ1) is 15.8. The van der Waals surface area contributed by atoms with Crippen LogP contribution >= 0.6 is 0 Å². The maximum absolute atomic E-state index is 12.9. The van der Waals surface area contributed by atoms with Crippen molar-refractivity contribution in [1.82, 2.24) is 10.2 Å². The molecule has 2 N–H and O–H groups in total. The number of carboxylic acids is 1. The SMILES string of the molecule is CC(NC(=O)OCC1c2ccccc2-c2ccccc21)C(C)C(=O)N(CC(=O)O)CC1CC1. The summed E-state index contributed by atoms with van der Waals surface area (Å²) < 4.78 is 5.57. The lowest BCUT2D eigenvalue weighted by atomic mass is 9.98. The summed E-state index contributed by atoms with van der Waals surface area (Å²) in [5, 5.41) is 11.9. The Bertz CT molecular complexity index is 1000. The predicted octanol–water partition coefficient (Wildman–Crippen LogP) is 3.87. The summed E-state index contributed by atoms with van der Waals surface area (Å²) in [4.78, 5) is 38.0. The molecule has 174 valence electrons. The minimum atomic E-state index is -1.03. The maximum Gasteiger partial charge on any atom is 0.407 e. The molecule has 7 nitrogen and oxygen atoms in total. The molecular formula is C26H30N2O5. The highest BCUT2D eigenvalue weighted by atomic mass is 16.5. The number of fused-ring (bicyclic) bond motifs is 3. The Kier molecular flexibility index (Phi) is 6.67. The van der Waals surface area contributed by atoms with E-state index in [1.807, 2.05) is 24.3 Å². The molecule has 0 radical (unpaired) electrons. The van der Waals surface area contributed by atoms with Crippen molar-refractivity contribution in [3.63, 3.8) is 0 Å². The van der Waals surface area contributed by atoms with Gasteiger partial charge < -0.3 is 20.1 Å². The first-order valence-electron chi connectivity index (χ1n) is 11.5. The van der Waals surface area contributed by atoms with Crippen LogP contribution in [0.5, 0.6) is 0 Å². The number of nitrogens with zero attached hydrogens (tertiary/aromatic N) is 1. The minimum Gasteiger partial charge on any atom is -0.480 e. The van der Waals surface area contributed by atoms with Gasteiger partial charge >= 0.3 is 12.1 Å². The number of carbonyl (C=O) groups excluding carboxylic acids is 2. The van der Waals surface area contributed by atoms with E-state index in [0.29, 0.717) is 12.5 Å².